The maximum atomic E-state index is 12.0. The summed E-state index contributed by atoms with van der Waals surface area (Å²) in [5.74, 6) is -0.154. The van der Waals surface area contributed by atoms with Crippen molar-refractivity contribution in [1.82, 2.24) is 14.8 Å². The van der Waals surface area contributed by atoms with Crippen molar-refractivity contribution in [3.05, 3.63) is 42.5 Å². The van der Waals surface area contributed by atoms with Gasteiger partial charge in [-0.15, -0.1) is 0 Å². The van der Waals surface area contributed by atoms with Crippen molar-refractivity contribution >= 4 is 11.6 Å². The lowest BCUT2D eigenvalue weighted by Gasteiger charge is -2.22. The number of pyridine rings is 1. The molecule has 6 nitrogen and oxygen atoms in total. The van der Waals surface area contributed by atoms with Crippen LogP contribution < -0.4 is 5.32 Å². The van der Waals surface area contributed by atoms with Gasteiger partial charge in [0.1, 0.15) is 0 Å². The topological polar surface area (TPSA) is 69.0 Å². The summed E-state index contributed by atoms with van der Waals surface area (Å²) in [6.07, 6.45) is 8.66. The highest BCUT2D eigenvalue weighted by atomic mass is 16.5. The van der Waals surface area contributed by atoms with Crippen molar-refractivity contribution in [2.75, 3.05) is 18.5 Å². The second kappa shape index (κ2) is 5.83. The smallest absolute Gasteiger partial charge is 0.255 e. The normalized spacial score (nSPS) is 16.0. The van der Waals surface area contributed by atoms with Gasteiger partial charge in [0.25, 0.3) is 5.91 Å². The van der Waals surface area contributed by atoms with Crippen molar-refractivity contribution in [1.29, 1.82) is 0 Å². The fourth-order valence-electron chi connectivity index (χ4n) is 2.26. The second-order valence-electron chi connectivity index (χ2n) is 4.74. The van der Waals surface area contributed by atoms with Crippen LogP contribution in [-0.4, -0.2) is 33.9 Å². The van der Waals surface area contributed by atoms with Crippen molar-refractivity contribution < 1.29 is 9.53 Å². The molecule has 0 saturated carbocycles. The lowest BCUT2D eigenvalue weighted by atomic mass is 10.1. The fourth-order valence-corrected chi connectivity index (χ4v) is 2.26. The van der Waals surface area contributed by atoms with Crippen LogP contribution in [0.3, 0.4) is 0 Å². The number of aromatic nitrogens is 3. The third-order valence-corrected chi connectivity index (χ3v) is 3.37. The SMILES string of the molecule is O=C(Nc1cnn(C2CCOCC2)c1)c1ccncc1. The first-order valence-corrected chi connectivity index (χ1v) is 6.66. The van der Waals surface area contributed by atoms with E-state index in [0.717, 1.165) is 26.1 Å². The highest BCUT2D eigenvalue weighted by Crippen LogP contribution is 2.21. The number of nitrogens with one attached hydrogen (secondary N) is 1. The van der Waals surface area contributed by atoms with Crippen molar-refractivity contribution in [2.45, 2.75) is 18.9 Å². The Labute approximate surface area is 116 Å². The molecule has 0 radical (unpaired) electrons. The number of rotatable bonds is 3. The molecule has 104 valence electrons. The quantitative estimate of drug-likeness (QED) is 0.926. The Morgan fingerprint density at radius 1 is 1.30 bits per heavy atom. The predicted octanol–water partition coefficient (Wildman–Crippen LogP) is 1.88. The zero-order chi connectivity index (χ0) is 13.8. The van der Waals surface area contributed by atoms with E-state index in [1.54, 1.807) is 30.7 Å². The number of hydrogen-bond donors (Lipinski definition) is 1. The molecule has 0 bridgehead atoms. The summed E-state index contributed by atoms with van der Waals surface area (Å²) in [5.41, 5.74) is 1.29. The van der Waals surface area contributed by atoms with Crippen LogP contribution in [-0.2, 0) is 4.74 Å². The number of carbonyl (C=O) groups is 1. The zero-order valence-corrected chi connectivity index (χ0v) is 11.0. The largest absolute Gasteiger partial charge is 0.381 e. The third-order valence-electron chi connectivity index (χ3n) is 3.37. The summed E-state index contributed by atoms with van der Waals surface area (Å²) < 4.78 is 7.24. The third kappa shape index (κ3) is 2.85. The van der Waals surface area contributed by atoms with Crippen LogP contribution in [0.2, 0.25) is 0 Å². The molecule has 2 aromatic heterocycles. The first-order valence-electron chi connectivity index (χ1n) is 6.66. The molecule has 2 aromatic rings. The van der Waals surface area contributed by atoms with Gasteiger partial charge in [-0.3, -0.25) is 14.5 Å². The number of ether oxygens (including phenoxy) is 1. The lowest BCUT2D eigenvalue weighted by Crippen LogP contribution is -2.19. The van der Waals surface area contributed by atoms with Crippen molar-refractivity contribution in [2.24, 2.45) is 0 Å². The number of nitrogens with zero attached hydrogens (tertiary/aromatic N) is 3. The minimum absolute atomic E-state index is 0.154. The van der Waals surface area contributed by atoms with E-state index in [1.807, 2.05) is 10.9 Å². The van der Waals surface area contributed by atoms with Crippen LogP contribution in [0.15, 0.2) is 36.9 Å². The molecular weight excluding hydrogens is 256 g/mol. The Bertz CT molecular complexity index is 576. The molecule has 1 aliphatic rings. The predicted molar refractivity (Wildman–Crippen MR) is 73.5 cm³/mol. The molecule has 6 heteroatoms. The maximum absolute atomic E-state index is 12.0. The number of anilines is 1. The van der Waals surface area contributed by atoms with Gasteiger partial charge in [0.2, 0.25) is 0 Å². The van der Waals surface area contributed by atoms with E-state index in [1.165, 1.54) is 0 Å². The molecule has 0 aliphatic carbocycles. The fraction of sp³-hybridized carbons (Fsp3) is 0.357. The Morgan fingerprint density at radius 3 is 2.80 bits per heavy atom. The molecule has 3 heterocycles. The van der Waals surface area contributed by atoms with E-state index < -0.39 is 0 Å². The first-order chi connectivity index (χ1) is 9.83. The van der Waals surface area contributed by atoms with E-state index in [9.17, 15) is 4.79 Å². The van der Waals surface area contributed by atoms with Gasteiger partial charge < -0.3 is 10.1 Å². The molecule has 3 rings (SSSR count). The van der Waals surface area contributed by atoms with Gasteiger partial charge in [0.05, 0.1) is 17.9 Å². The standard InChI is InChI=1S/C14H16N4O2/c19-14(11-1-5-15-6-2-11)17-12-9-16-18(10-12)13-3-7-20-8-4-13/h1-2,5-6,9-10,13H,3-4,7-8H2,(H,17,19). The van der Waals surface area contributed by atoms with Gasteiger partial charge in [0, 0.05) is 37.4 Å². The van der Waals surface area contributed by atoms with E-state index in [2.05, 4.69) is 15.4 Å². The van der Waals surface area contributed by atoms with Gasteiger partial charge in [-0.2, -0.15) is 5.10 Å². The summed E-state index contributed by atoms with van der Waals surface area (Å²) in [6.45, 7) is 1.53. The molecule has 0 aromatic carbocycles. The van der Waals surface area contributed by atoms with Crippen LogP contribution in [0.25, 0.3) is 0 Å². The van der Waals surface area contributed by atoms with Crippen LogP contribution in [0.4, 0.5) is 5.69 Å². The molecule has 1 fully saturated rings. The van der Waals surface area contributed by atoms with E-state index in [0.29, 0.717) is 17.3 Å². The number of amides is 1. The Hall–Kier alpha value is -2.21. The first kappa shape index (κ1) is 12.8. The van der Waals surface area contributed by atoms with Gasteiger partial charge >= 0.3 is 0 Å². The minimum Gasteiger partial charge on any atom is -0.381 e. The van der Waals surface area contributed by atoms with Crippen LogP contribution in [0.1, 0.15) is 29.2 Å². The molecule has 1 N–H and O–H groups in total. The maximum Gasteiger partial charge on any atom is 0.255 e. The minimum atomic E-state index is -0.154. The highest BCUT2D eigenvalue weighted by molar-refractivity contribution is 6.03. The van der Waals surface area contributed by atoms with Crippen LogP contribution in [0.5, 0.6) is 0 Å². The van der Waals surface area contributed by atoms with E-state index in [-0.39, 0.29) is 5.91 Å². The van der Waals surface area contributed by atoms with Gasteiger partial charge in [-0.1, -0.05) is 0 Å². The second-order valence-corrected chi connectivity index (χ2v) is 4.74. The number of carbonyl (C=O) groups excluding carboxylic acids is 1. The molecule has 1 saturated heterocycles. The van der Waals surface area contributed by atoms with Crippen LogP contribution in [0, 0.1) is 0 Å². The molecule has 1 aliphatic heterocycles. The molecule has 0 unspecified atom stereocenters. The van der Waals surface area contributed by atoms with Gasteiger partial charge in [-0.05, 0) is 25.0 Å². The Kier molecular flexibility index (Phi) is 3.73. The molecular formula is C14H16N4O2. The summed E-state index contributed by atoms with van der Waals surface area (Å²) in [7, 11) is 0. The number of hydrogen-bond acceptors (Lipinski definition) is 4. The van der Waals surface area contributed by atoms with E-state index >= 15 is 0 Å². The molecule has 0 spiro atoms. The monoisotopic (exact) mass is 272 g/mol. The van der Waals surface area contributed by atoms with Gasteiger partial charge in [0.15, 0.2) is 0 Å². The molecule has 1 amide bonds. The molecule has 20 heavy (non-hydrogen) atoms. The van der Waals surface area contributed by atoms with Gasteiger partial charge in [-0.25, -0.2) is 0 Å². The summed E-state index contributed by atoms with van der Waals surface area (Å²) in [6, 6.07) is 3.71. The average molecular weight is 272 g/mol. The Balaban J connectivity index is 1.66. The highest BCUT2D eigenvalue weighted by Gasteiger charge is 2.17. The molecule has 0 atom stereocenters. The van der Waals surface area contributed by atoms with E-state index in [4.69, 9.17) is 4.74 Å². The van der Waals surface area contributed by atoms with Crippen molar-refractivity contribution in [3.63, 3.8) is 0 Å². The summed E-state index contributed by atoms with van der Waals surface area (Å²) in [5, 5.41) is 7.16. The van der Waals surface area contributed by atoms with Crippen LogP contribution >= 0.6 is 0 Å². The lowest BCUT2D eigenvalue weighted by molar-refractivity contribution is 0.0662. The van der Waals surface area contributed by atoms with Crippen molar-refractivity contribution in [3.8, 4) is 0 Å². The summed E-state index contributed by atoms with van der Waals surface area (Å²) in [4.78, 5) is 15.9. The zero-order valence-electron chi connectivity index (χ0n) is 11.0. The Morgan fingerprint density at radius 2 is 2.05 bits per heavy atom. The average Bonchev–Trinajstić information content (AvgIpc) is 2.97. The summed E-state index contributed by atoms with van der Waals surface area (Å²) >= 11 is 0.